The van der Waals surface area contributed by atoms with Crippen molar-refractivity contribution >= 4 is 28.0 Å². The van der Waals surface area contributed by atoms with E-state index in [2.05, 4.69) is 19.1 Å². The van der Waals surface area contributed by atoms with E-state index in [-0.39, 0.29) is 6.42 Å². The van der Waals surface area contributed by atoms with Crippen molar-refractivity contribution in [1.29, 1.82) is 0 Å². The standard InChI is InChI=1S/C22H39NO8S/c1-2-3-4-5-6-7-8-9-10-11-12-13-14-15-16-17-19(24)23-22(21(27)28,18-20(25)26)32(29,30)31/h9-10H,2-8,11-18H2,1H3,(H,23,24)(H,25,26)(H,27,28)(H,29,30,31)/b10-9-. The van der Waals surface area contributed by atoms with Crippen LogP contribution in [-0.4, -0.2) is 45.9 Å². The molecule has 0 fully saturated rings. The number of hydrogen-bond acceptors (Lipinski definition) is 5. The molecular weight excluding hydrogens is 438 g/mol. The molecule has 1 amide bonds. The van der Waals surface area contributed by atoms with Crippen molar-refractivity contribution in [3.05, 3.63) is 12.2 Å². The van der Waals surface area contributed by atoms with E-state index < -0.39 is 39.3 Å². The van der Waals surface area contributed by atoms with E-state index in [1.807, 2.05) is 0 Å². The van der Waals surface area contributed by atoms with Crippen LogP contribution in [0.25, 0.3) is 0 Å². The number of carboxylic acids is 2. The van der Waals surface area contributed by atoms with Gasteiger partial charge in [0.05, 0.1) is 6.42 Å². The fourth-order valence-electron chi connectivity index (χ4n) is 3.30. The molecule has 1 atom stereocenters. The minimum atomic E-state index is -5.39. The Morgan fingerprint density at radius 3 is 1.72 bits per heavy atom. The third-order valence-electron chi connectivity index (χ3n) is 5.19. The number of carbonyl (C=O) groups is 3. The number of carboxylic acid groups (broad SMARTS) is 2. The van der Waals surface area contributed by atoms with E-state index in [0.717, 1.165) is 32.1 Å². The van der Waals surface area contributed by atoms with Crippen LogP contribution in [0.4, 0.5) is 0 Å². The van der Waals surface area contributed by atoms with Crippen LogP contribution in [0.15, 0.2) is 12.2 Å². The number of hydrogen-bond donors (Lipinski definition) is 4. The van der Waals surface area contributed by atoms with Crippen LogP contribution < -0.4 is 5.32 Å². The highest BCUT2D eigenvalue weighted by atomic mass is 32.2. The SMILES string of the molecule is CCCCCCCC/C=C\CCCCCCCC(=O)NC(CC(=O)O)(C(=O)O)S(=O)(=O)O. The van der Waals surface area contributed by atoms with Gasteiger partial charge in [-0.15, -0.1) is 0 Å². The molecular formula is C22H39NO8S. The summed E-state index contributed by atoms with van der Waals surface area (Å²) in [6.07, 6.45) is 16.6. The van der Waals surface area contributed by atoms with Gasteiger partial charge in [-0.3, -0.25) is 14.1 Å². The maximum Gasteiger partial charge on any atom is 0.348 e. The summed E-state index contributed by atoms with van der Waals surface area (Å²) in [4.78, 5) is 30.9. The molecule has 0 aliphatic rings. The van der Waals surface area contributed by atoms with Gasteiger partial charge >= 0.3 is 22.1 Å². The van der Waals surface area contributed by atoms with Gasteiger partial charge in [-0.1, -0.05) is 70.4 Å². The van der Waals surface area contributed by atoms with Crippen LogP contribution in [0.2, 0.25) is 0 Å². The number of rotatable bonds is 20. The highest BCUT2D eigenvalue weighted by Crippen LogP contribution is 2.20. The average molecular weight is 478 g/mol. The highest BCUT2D eigenvalue weighted by Gasteiger charge is 2.54. The molecule has 0 aliphatic heterocycles. The van der Waals surface area contributed by atoms with Crippen molar-refractivity contribution in [1.82, 2.24) is 5.32 Å². The zero-order valence-corrected chi connectivity index (χ0v) is 19.9. The number of aliphatic carboxylic acids is 2. The molecule has 0 aromatic rings. The molecule has 0 bridgehead atoms. The lowest BCUT2D eigenvalue weighted by Gasteiger charge is -2.25. The smallest absolute Gasteiger partial charge is 0.348 e. The van der Waals surface area contributed by atoms with Crippen LogP contribution in [0.1, 0.15) is 103 Å². The molecule has 0 aliphatic carbocycles. The molecule has 32 heavy (non-hydrogen) atoms. The van der Waals surface area contributed by atoms with E-state index in [4.69, 9.17) is 10.2 Å². The van der Waals surface area contributed by atoms with Crippen molar-refractivity contribution in [3.63, 3.8) is 0 Å². The van der Waals surface area contributed by atoms with Crippen molar-refractivity contribution in [2.45, 2.75) is 108 Å². The molecule has 0 radical (unpaired) electrons. The van der Waals surface area contributed by atoms with Gasteiger partial charge in [-0.25, -0.2) is 4.79 Å². The molecule has 0 heterocycles. The zero-order chi connectivity index (χ0) is 24.5. The van der Waals surface area contributed by atoms with Crippen LogP contribution in [0.3, 0.4) is 0 Å². The van der Waals surface area contributed by atoms with Crippen molar-refractivity contribution in [2.24, 2.45) is 0 Å². The van der Waals surface area contributed by atoms with E-state index in [1.54, 1.807) is 5.32 Å². The lowest BCUT2D eigenvalue weighted by molar-refractivity contribution is -0.149. The first kappa shape index (κ1) is 30.1. The third kappa shape index (κ3) is 12.8. The minimum absolute atomic E-state index is 0.164. The van der Waals surface area contributed by atoms with Gasteiger partial charge in [0.15, 0.2) is 0 Å². The summed E-state index contributed by atoms with van der Waals surface area (Å²) >= 11 is 0. The Kier molecular flexibility index (Phi) is 15.6. The van der Waals surface area contributed by atoms with E-state index in [1.165, 1.54) is 38.5 Å². The monoisotopic (exact) mass is 477 g/mol. The topological polar surface area (TPSA) is 158 Å². The maximum atomic E-state index is 12.0. The van der Waals surface area contributed by atoms with Gasteiger partial charge in [-0.2, -0.15) is 8.42 Å². The Balaban J connectivity index is 4.04. The summed E-state index contributed by atoms with van der Waals surface area (Å²) in [5.74, 6) is -4.88. The molecule has 4 N–H and O–H groups in total. The number of amides is 1. The Hall–Kier alpha value is -1.94. The number of carbonyl (C=O) groups excluding carboxylic acids is 1. The van der Waals surface area contributed by atoms with Gasteiger partial charge in [0.1, 0.15) is 0 Å². The minimum Gasteiger partial charge on any atom is -0.481 e. The van der Waals surface area contributed by atoms with Crippen LogP contribution in [0, 0.1) is 0 Å². The third-order valence-corrected chi connectivity index (χ3v) is 6.49. The second-order valence-electron chi connectivity index (χ2n) is 8.06. The Labute approximate surface area is 191 Å². The predicted octanol–water partition coefficient (Wildman–Crippen LogP) is 4.28. The summed E-state index contributed by atoms with van der Waals surface area (Å²) in [5.41, 5.74) is 0. The lowest BCUT2D eigenvalue weighted by atomic mass is 10.1. The van der Waals surface area contributed by atoms with Crippen LogP contribution in [-0.2, 0) is 24.5 Å². The molecule has 0 spiro atoms. The summed E-state index contributed by atoms with van der Waals surface area (Å²) in [7, 11) is -5.39. The van der Waals surface area contributed by atoms with Crippen molar-refractivity contribution in [3.8, 4) is 0 Å². The normalized spacial score (nSPS) is 13.7. The molecule has 9 nitrogen and oxygen atoms in total. The van der Waals surface area contributed by atoms with Gasteiger partial charge in [0.25, 0.3) is 4.87 Å². The summed E-state index contributed by atoms with van der Waals surface area (Å²) < 4.78 is 32.1. The number of unbranched alkanes of at least 4 members (excludes halogenated alkanes) is 11. The first-order valence-corrected chi connectivity index (χ1v) is 12.9. The van der Waals surface area contributed by atoms with Gasteiger partial charge in [0, 0.05) is 6.42 Å². The average Bonchev–Trinajstić information content (AvgIpc) is 2.69. The Morgan fingerprint density at radius 2 is 1.28 bits per heavy atom. The fraction of sp³-hybridized carbons (Fsp3) is 0.773. The predicted molar refractivity (Wildman–Crippen MR) is 122 cm³/mol. The zero-order valence-electron chi connectivity index (χ0n) is 19.1. The number of nitrogens with one attached hydrogen (secondary N) is 1. The summed E-state index contributed by atoms with van der Waals surface area (Å²) in [6, 6.07) is 0. The quantitative estimate of drug-likeness (QED) is 0.115. The van der Waals surface area contributed by atoms with Crippen molar-refractivity contribution < 1.29 is 37.6 Å². The van der Waals surface area contributed by atoms with Crippen LogP contribution >= 0.6 is 0 Å². The van der Waals surface area contributed by atoms with Crippen molar-refractivity contribution in [2.75, 3.05) is 0 Å². The first-order valence-electron chi connectivity index (χ1n) is 11.4. The largest absolute Gasteiger partial charge is 0.481 e. The van der Waals surface area contributed by atoms with Gasteiger partial charge in [-0.05, 0) is 32.1 Å². The lowest BCUT2D eigenvalue weighted by Crippen LogP contribution is -2.60. The van der Waals surface area contributed by atoms with E-state index in [9.17, 15) is 27.4 Å². The molecule has 0 aromatic heterocycles. The fourth-order valence-corrected chi connectivity index (χ4v) is 4.07. The molecule has 10 heteroatoms. The second-order valence-corrected chi connectivity index (χ2v) is 9.71. The number of allylic oxidation sites excluding steroid dienone is 2. The molecule has 186 valence electrons. The van der Waals surface area contributed by atoms with Gasteiger partial charge in [0.2, 0.25) is 5.91 Å². The molecule has 0 saturated heterocycles. The Morgan fingerprint density at radius 1 is 0.812 bits per heavy atom. The summed E-state index contributed by atoms with van der Waals surface area (Å²) in [6.45, 7) is 2.21. The Bertz CT molecular complexity index is 705. The summed E-state index contributed by atoms with van der Waals surface area (Å²) in [5, 5.41) is 19.6. The molecule has 0 saturated carbocycles. The second kappa shape index (κ2) is 16.7. The van der Waals surface area contributed by atoms with Gasteiger partial charge < -0.3 is 15.5 Å². The first-order chi connectivity index (χ1) is 15.1. The highest BCUT2D eigenvalue weighted by molar-refractivity contribution is 7.88. The molecule has 0 aromatic carbocycles. The molecule has 1 unspecified atom stereocenters. The molecule has 0 rings (SSSR count). The van der Waals surface area contributed by atoms with Crippen LogP contribution in [0.5, 0.6) is 0 Å². The van der Waals surface area contributed by atoms with E-state index >= 15 is 0 Å². The maximum absolute atomic E-state index is 12.0. The van der Waals surface area contributed by atoms with E-state index in [0.29, 0.717) is 12.8 Å².